The van der Waals surface area contributed by atoms with Gasteiger partial charge in [0.15, 0.2) is 0 Å². The van der Waals surface area contributed by atoms with Crippen LogP contribution in [0.25, 0.3) is 16.7 Å². The lowest BCUT2D eigenvalue weighted by Crippen LogP contribution is -2.29. The third kappa shape index (κ3) is 12.3. The minimum atomic E-state index is 0.320. The molecule has 0 saturated carbocycles. The zero-order valence-corrected chi connectivity index (χ0v) is 27.9. The van der Waals surface area contributed by atoms with Crippen LogP contribution in [0.1, 0.15) is 37.8 Å². The van der Waals surface area contributed by atoms with Crippen LogP contribution in [0.2, 0.25) is 0 Å². The van der Waals surface area contributed by atoms with E-state index in [1.54, 1.807) is 31.3 Å². The van der Waals surface area contributed by atoms with Crippen LogP contribution in [0.3, 0.4) is 0 Å². The second kappa shape index (κ2) is 19.8. The Balaban J connectivity index is 0.000000270. The Kier molecular flexibility index (Phi) is 15.2. The molecule has 2 heterocycles. The maximum Gasteiger partial charge on any atom is 0.211 e. The number of allylic oxidation sites excluding steroid dienone is 2. The fourth-order valence-electron chi connectivity index (χ4n) is 4.88. The molecule has 1 fully saturated rings. The number of nitrogens with two attached hydrogens (primary N) is 2. The molecule has 0 aliphatic carbocycles. The number of hydrogen-bond donors (Lipinski definition) is 4. The summed E-state index contributed by atoms with van der Waals surface area (Å²) in [5, 5.41) is 12.0. The number of aliphatic imine (C=N–C) groups is 2. The lowest BCUT2D eigenvalue weighted by molar-refractivity contribution is -0.106. The van der Waals surface area contributed by atoms with Crippen molar-refractivity contribution in [2.75, 3.05) is 37.9 Å². The number of nitrogens with one attached hydrogen (secondary N) is 2. The van der Waals surface area contributed by atoms with Gasteiger partial charge in [-0.2, -0.15) is 5.10 Å². The standard InChI is InChI=1S/C20H24N6O.C16H22N4O/c21-10-16(12-24-18-5-7-23-8-6-18)15-9-19(20(22)25-11-15)14-1-3-17(4-2-14)26-13-27;1-14(12-21)10-20(11-16-8-6-5-7-9-16)13-19(4)18-15(2)17-3/h1-4,9-13,18,23H,5-8,21H2,(H2,22,25)(H,26,27);5-10,12H,3,11,13H2,1-2,4H3/b16-10+,24-12?;14-10-,18-15-. The van der Waals surface area contributed by atoms with Gasteiger partial charge in [-0.3, -0.25) is 19.6 Å². The van der Waals surface area contributed by atoms with Gasteiger partial charge in [0.05, 0.1) is 6.04 Å². The second-order valence-electron chi connectivity index (χ2n) is 11.2. The molecule has 12 heteroatoms. The van der Waals surface area contributed by atoms with E-state index in [2.05, 4.69) is 49.6 Å². The molecule has 0 bridgehead atoms. The highest BCUT2D eigenvalue weighted by molar-refractivity contribution is 6.10. The normalized spacial score (nSPS) is 14.1. The van der Waals surface area contributed by atoms with E-state index in [4.69, 9.17) is 11.5 Å². The van der Waals surface area contributed by atoms with Crippen molar-refractivity contribution in [3.63, 3.8) is 0 Å². The molecule has 0 unspecified atom stereocenters. The molecule has 1 saturated heterocycles. The molecule has 0 atom stereocenters. The van der Waals surface area contributed by atoms with Gasteiger partial charge in [0.1, 0.15) is 24.6 Å². The first kappa shape index (κ1) is 36.8. The molecule has 1 aliphatic rings. The van der Waals surface area contributed by atoms with Gasteiger partial charge in [-0.15, -0.1) is 0 Å². The number of carbonyl (C=O) groups is 2. The van der Waals surface area contributed by atoms with E-state index in [-0.39, 0.29) is 0 Å². The number of carbonyl (C=O) groups excluding carboxylic acids is 2. The molecule has 12 nitrogen and oxygen atoms in total. The average molecular weight is 651 g/mol. The smallest absolute Gasteiger partial charge is 0.211 e. The number of benzene rings is 2. The van der Waals surface area contributed by atoms with E-state index in [1.807, 2.05) is 72.9 Å². The lowest BCUT2D eigenvalue weighted by Gasteiger charge is -2.25. The zero-order chi connectivity index (χ0) is 34.7. The maximum atomic E-state index is 10.8. The third-order valence-corrected chi connectivity index (χ3v) is 7.32. The summed E-state index contributed by atoms with van der Waals surface area (Å²) < 4.78 is 0. The molecule has 4 rings (SSSR count). The van der Waals surface area contributed by atoms with Crippen molar-refractivity contribution in [3.8, 4) is 11.1 Å². The van der Waals surface area contributed by atoms with Crippen LogP contribution in [-0.2, 0) is 16.1 Å². The van der Waals surface area contributed by atoms with E-state index in [1.165, 1.54) is 5.56 Å². The highest BCUT2D eigenvalue weighted by Crippen LogP contribution is 2.28. The lowest BCUT2D eigenvalue weighted by atomic mass is 10.0. The van der Waals surface area contributed by atoms with Gasteiger partial charge in [-0.1, -0.05) is 42.5 Å². The number of aldehydes is 1. The monoisotopic (exact) mass is 650 g/mol. The average Bonchev–Trinajstić information content (AvgIpc) is 3.10. The van der Waals surface area contributed by atoms with Gasteiger partial charge in [0.25, 0.3) is 0 Å². The Hall–Kier alpha value is -5.62. The van der Waals surface area contributed by atoms with Crippen molar-refractivity contribution in [1.29, 1.82) is 0 Å². The molecule has 48 heavy (non-hydrogen) atoms. The molecule has 6 N–H and O–H groups in total. The summed E-state index contributed by atoms with van der Waals surface area (Å²) in [4.78, 5) is 36.2. The predicted molar refractivity (Wildman–Crippen MR) is 197 cm³/mol. The van der Waals surface area contributed by atoms with Gasteiger partial charge in [0, 0.05) is 66.4 Å². The number of anilines is 2. The Labute approximate surface area is 283 Å². The summed E-state index contributed by atoms with van der Waals surface area (Å²) in [6, 6.07) is 19.8. The van der Waals surface area contributed by atoms with E-state index in [9.17, 15) is 9.59 Å². The number of piperidine rings is 1. The van der Waals surface area contributed by atoms with Crippen molar-refractivity contribution < 1.29 is 9.59 Å². The van der Waals surface area contributed by atoms with Crippen molar-refractivity contribution in [2.24, 2.45) is 20.8 Å². The van der Waals surface area contributed by atoms with E-state index in [0.29, 0.717) is 48.6 Å². The number of nitrogens with zero attached hydrogens (tertiary/aromatic N) is 6. The van der Waals surface area contributed by atoms with Crippen molar-refractivity contribution >= 4 is 48.5 Å². The first-order chi connectivity index (χ1) is 23.3. The van der Waals surface area contributed by atoms with Gasteiger partial charge in [0.2, 0.25) is 6.41 Å². The van der Waals surface area contributed by atoms with Crippen LogP contribution < -0.4 is 22.1 Å². The maximum absolute atomic E-state index is 10.8. The molecule has 252 valence electrons. The van der Waals surface area contributed by atoms with Crippen molar-refractivity contribution in [2.45, 2.75) is 39.3 Å². The van der Waals surface area contributed by atoms with Crippen LogP contribution in [0.15, 0.2) is 99.9 Å². The van der Waals surface area contributed by atoms with E-state index >= 15 is 0 Å². The molecule has 1 amide bonds. The van der Waals surface area contributed by atoms with Gasteiger partial charge in [-0.05, 0) is 75.8 Å². The zero-order valence-electron chi connectivity index (χ0n) is 27.9. The summed E-state index contributed by atoms with van der Waals surface area (Å²) in [6.07, 6.45) is 10.4. The highest BCUT2D eigenvalue weighted by atomic mass is 16.1. The van der Waals surface area contributed by atoms with Gasteiger partial charge in [-0.25, -0.2) is 9.98 Å². The molecule has 2 aromatic carbocycles. The quantitative estimate of drug-likeness (QED) is 0.0523. The molecule has 0 radical (unpaired) electrons. The first-order valence-corrected chi connectivity index (χ1v) is 15.6. The largest absolute Gasteiger partial charge is 0.404 e. The molecule has 3 aromatic rings. The number of pyridine rings is 1. The molecular formula is C36H46N10O2. The Morgan fingerprint density at radius 3 is 2.44 bits per heavy atom. The van der Waals surface area contributed by atoms with Crippen LogP contribution >= 0.6 is 0 Å². The second-order valence-corrected chi connectivity index (χ2v) is 11.2. The van der Waals surface area contributed by atoms with E-state index in [0.717, 1.165) is 54.5 Å². The number of aromatic nitrogens is 1. The Morgan fingerprint density at radius 1 is 1.10 bits per heavy atom. The van der Waals surface area contributed by atoms with Crippen LogP contribution in [0.5, 0.6) is 0 Å². The first-order valence-electron chi connectivity index (χ1n) is 15.6. The van der Waals surface area contributed by atoms with Crippen molar-refractivity contribution in [1.82, 2.24) is 20.2 Å². The Bertz CT molecular complexity index is 1590. The molecular weight excluding hydrogens is 604 g/mol. The minimum Gasteiger partial charge on any atom is -0.404 e. The Morgan fingerprint density at radius 2 is 1.81 bits per heavy atom. The predicted octanol–water partition coefficient (Wildman–Crippen LogP) is 4.54. The number of hydrazone groups is 1. The number of amidine groups is 1. The fraction of sp³-hybridized carbons (Fsp3) is 0.278. The molecule has 1 aliphatic heterocycles. The molecule has 1 aromatic heterocycles. The molecule has 0 spiro atoms. The highest BCUT2D eigenvalue weighted by Gasteiger charge is 2.12. The summed E-state index contributed by atoms with van der Waals surface area (Å²) in [5.41, 5.74) is 17.8. The summed E-state index contributed by atoms with van der Waals surface area (Å²) in [5.74, 6) is 1.04. The minimum absolute atomic E-state index is 0.320. The van der Waals surface area contributed by atoms with Crippen LogP contribution in [0.4, 0.5) is 11.5 Å². The topological polar surface area (TPSA) is 167 Å². The van der Waals surface area contributed by atoms with Gasteiger partial charge < -0.3 is 27.0 Å². The third-order valence-electron chi connectivity index (χ3n) is 7.32. The van der Waals surface area contributed by atoms with Crippen molar-refractivity contribution in [3.05, 3.63) is 96.0 Å². The summed E-state index contributed by atoms with van der Waals surface area (Å²) in [7, 11) is 1.86. The number of amides is 1. The fourth-order valence-corrected chi connectivity index (χ4v) is 4.88. The summed E-state index contributed by atoms with van der Waals surface area (Å²) >= 11 is 0. The number of hydrogen-bond acceptors (Lipinski definition) is 10. The van der Waals surface area contributed by atoms with Crippen LogP contribution in [-0.4, -0.2) is 79.2 Å². The van der Waals surface area contributed by atoms with Crippen LogP contribution in [0, 0.1) is 0 Å². The summed E-state index contributed by atoms with van der Waals surface area (Å²) in [6.45, 7) is 10.2. The SMILES string of the molecule is C=N/C(C)=N\N(C)CN(/C=C(/C)C=O)Cc1ccccc1.N/C=C(\C=NC1CCNCC1)c1cnc(N)c(-c2ccc(NC=O)cc2)c1. The number of nitrogen functional groups attached to an aromatic ring is 1. The van der Waals surface area contributed by atoms with Gasteiger partial charge >= 0.3 is 0 Å². The number of rotatable bonds is 13. The van der Waals surface area contributed by atoms with E-state index < -0.39 is 0 Å².